The van der Waals surface area contributed by atoms with E-state index >= 15 is 0 Å². The van der Waals surface area contributed by atoms with Crippen LogP contribution in [0.25, 0.3) is 23.2 Å². The Hall–Kier alpha value is -2.77. The molecule has 30 heavy (non-hydrogen) atoms. The van der Waals surface area contributed by atoms with Crippen LogP contribution in [0.5, 0.6) is 0 Å². The first kappa shape index (κ1) is 20.5. The summed E-state index contributed by atoms with van der Waals surface area (Å²) in [6.07, 6.45) is 1.79. The van der Waals surface area contributed by atoms with Gasteiger partial charge in [0, 0.05) is 18.2 Å². The average Bonchev–Trinajstić information content (AvgIpc) is 3.26. The van der Waals surface area contributed by atoms with Crippen molar-refractivity contribution in [1.82, 2.24) is 19.7 Å². The molecule has 0 aliphatic carbocycles. The average molecular weight is 435 g/mol. The number of hydrogen-bond acceptors (Lipinski definition) is 5. The number of hydrogen-bond donors (Lipinski definition) is 0. The Labute approximate surface area is 185 Å². The third-order valence-corrected chi connectivity index (χ3v) is 6.00. The van der Waals surface area contributed by atoms with Gasteiger partial charge in [-0.15, -0.1) is 5.10 Å². The first-order valence-electron chi connectivity index (χ1n) is 9.77. The van der Waals surface area contributed by atoms with Crippen molar-refractivity contribution < 1.29 is 4.79 Å². The predicted octanol–water partition coefficient (Wildman–Crippen LogP) is 5.10. The molecule has 1 saturated heterocycles. The molecule has 1 amide bonds. The molecule has 2 aromatic carbocycles. The number of thiocarbonyl (C=S) groups is 1. The zero-order valence-electron chi connectivity index (χ0n) is 17.1. The fourth-order valence-electron chi connectivity index (χ4n) is 3.14. The second-order valence-electron chi connectivity index (χ2n) is 7.59. The van der Waals surface area contributed by atoms with E-state index in [1.807, 2.05) is 61.5 Å². The smallest absolute Gasteiger partial charge is 0.266 e. The van der Waals surface area contributed by atoms with Crippen LogP contribution in [-0.2, 0) is 4.79 Å². The molecule has 152 valence electrons. The summed E-state index contributed by atoms with van der Waals surface area (Å²) in [4.78, 5) is 19.9. The van der Waals surface area contributed by atoms with Gasteiger partial charge in [-0.3, -0.25) is 9.69 Å². The van der Waals surface area contributed by atoms with E-state index in [4.69, 9.17) is 22.3 Å². The summed E-state index contributed by atoms with van der Waals surface area (Å²) < 4.78 is 2.36. The van der Waals surface area contributed by atoms with Crippen LogP contribution in [0.1, 0.15) is 25.2 Å². The van der Waals surface area contributed by atoms with Gasteiger partial charge in [0.05, 0.1) is 10.6 Å². The predicted molar refractivity (Wildman–Crippen MR) is 126 cm³/mol. The second-order valence-corrected chi connectivity index (χ2v) is 9.27. The summed E-state index contributed by atoms with van der Waals surface area (Å²) in [6.45, 7) is 6.80. The number of carbonyl (C=O) groups excluding carboxylic acids is 1. The van der Waals surface area contributed by atoms with E-state index in [0.717, 1.165) is 11.3 Å². The zero-order valence-corrected chi connectivity index (χ0v) is 18.7. The number of rotatable bonds is 5. The van der Waals surface area contributed by atoms with Crippen LogP contribution in [0, 0.1) is 12.8 Å². The molecule has 3 aromatic rings. The van der Waals surface area contributed by atoms with Gasteiger partial charge in [-0.25, -0.2) is 9.67 Å². The quantitative estimate of drug-likeness (QED) is 0.413. The molecular weight excluding hydrogens is 412 g/mol. The third kappa shape index (κ3) is 4.22. The van der Waals surface area contributed by atoms with Crippen LogP contribution in [0.2, 0.25) is 0 Å². The highest BCUT2D eigenvalue weighted by Crippen LogP contribution is 2.33. The Bertz CT molecular complexity index is 1120. The highest BCUT2D eigenvalue weighted by atomic mass is 32.2. The van der Waals surface area contributed by atoms with Crippen LogP contribution in [-0.4, -0.2) is 36.4 Å². The van der Waals surface area contributed by atoms with Gasteiger partial charge >= 0.3 is 0 Å². The Kier molecular flexibility index (Phi) is 5.83. The van der Waals surface area contributed by atoms with E-state index in [2.05, 4.69) is 13.8 Å². The minimum atomic E-state index is -0.0711. The topological polar surface area (TPSA) is 51.0 Å². The zero-order chi connectivity index (χ0) is 21.3. The molecule has 1 aliphatic rings. The van der Waals surface area contributed by atoms with Crippen molar-refractivity contribution in [3.05, 3.63) is 70.9 Å². The minimum absolute atomic E-state index is 0.0711. The van der Waals surface area contributed by atoms with E-state index in [9.17, 15) is 4.79 Å². The lowest BCUT2D eigenvalue weighted by Gasteiger charge is -2.16. The van der Waals surface area contributed by atoms with Crippen molar-refractivity contribution in [3.8, 4) is 17.1 Å². The van der Waals surface area contributed by atoms with Gasteiger partial charge in [0.15, 0.2) is 11.6 Å². The van der Waals surface area contributed by atoms with E-state index in [0.29, 0.717) is 33.3 Å². The summed E-state index contributed by atoms with van der Waals surface area (Å²) in [5, 5.41) is 4.73. The molecule has 0 atom stereocenters. The number of aromatic nitrogens is 3. The van der Waals surface area contributed by atoms with Gasteiger partial charge in [0.2, 0.25) is 0 Å². The number of nitrogens with zero attached hydrogens (tertiary/aromatic N) is 4. The highest BCUT2D eigenvalue weighted by Gasteiger charge is 2.32. The number of aryl methyl sites for hydroxylation is 1. The molecule has 0 N–H and O–H groups in total. The molecule has 7 heteroatoms. The molecule has 1 aromatic heterocycles. The van der Waals surface area contributed by atoms with E-state index < -0.39 is 0 Å². The van der Waals surface area contributed by atoms with Crippen molar-refractivity contribution in [2.75, 3.05) is 6.54 Å². The summed E-state index contributed by atoms with van der Waals surface area (Å²) in [6, 6.07) is 17.9. The molecule has 4 rings (SSSR count). The molecule has 2 heterocycles. The summed E-state index contributed by atoms with van der Waals surface area (Å²) >= 11 is 6.75. The van der Waals surface area contributed by atoms with Gasteiger partial charge in [-0.2, -0.15) is 0 Å². The SMILES string of the molecule is Cc1ccc(-c2nc(C=C3SC(=S)N(CC(C)C)C3=O)n(-c3ccccc3)n2)cc1. The molecule has 0 bridgehead atoms. The Balaban J connectivity index is 1.77. The Morgan fingerprint density at radius 1 is 1.10 bits per heavy atom. The Morgan fingerprint density at radius 3 is 2.47 bits per heavy atom. The number of benzene rings is 2. The van der Waals surface area contributed by atoms with E-state index in [1.165, 1.54) is 17.3 Å². The third-order valence-electron chi connectivity index (χ3n) is 4.62. The molecule has 0 radical (unpaired) electrons. The number of carbonyl (C=O) groups is 1. The van der Waals surface area contributed by atoms with Crippen molar-refractivity contribution in [1.29, 1.82) is 0 Å². The standard InChI is InChI=1S/C23H22N4OS2/c1-15(2)14-26-22(28)19(30-23(26)29)13-20-24-21(17-11-9-16(3)10-12-17)25-27(20)18-7-5-4-6-8-18/h4-13,15H,14H2,1-3H3. The van der Waals surface area contributed by atoms with Gasteiger partial charge in [-0.05, 0) is 25.0 Å². The van der Waals surface area contributed by atoms with E-state index in [-0.39, 0.29) is 5.91 Å². The fraction of sp³-hybridized carbons (Fsp3) is 0.217. The van der Waals surface area contributed by atoms with Gasteiger partial charge < -0.3 is 0 Å². The second kappa shape index (κ2) is 8.53. The number of thioether (sulfide) groups is 1. The van der Waals surface area contributed by atoms with Gasteiger partial charge in [0.25, 0.3) is 5.91 Å². The summed E-state index contributed by atoms with van der Waals surface area (Å²) in [7, 11) is 0. The lowest BCUT2D eigenvalue weighted by atomic mass is 10.1. The van der Waals surface area contributed by atoms with Crippen molar-refractivity contribution in [3.63, 3.8) is 0 Å². The van der Waals surface area contributed by atoms with E-state index in [1.54, 1.807) is 15.7 Å². The molecule has 1 fully saturated rings. The maximum Gasteiger partial charge on any atom is 0.266 e. The normalized spacial score (nSPS) is 15.6. The van der Waals surface area contributed by atoms with Crippen LogP contribution in [0.3, 0.4) is 0 Å². The summed E-state index contributed by atoms with van der Waals surface area (Å²) in [5.74, 6) is 1.48. The molecule has 1 aliphatic heterocycles. The van der Waals surface area contributed by atoms with Crippen molar-refractivity contribution in [2.24, 2.45) is 5.92 Å². The van der Waals surface area contributed by atoms with Gasteiger partial charge in [-0.1, -0.05) is 85.9 Å². The molecular formula is C23H22N4OS2. The largest absolute Gasteiger partial charge is 0.293 e. The highest BCUT2D eigenvalue weighted by molar-refractivity contribution is 8.26. The van der Waals surface area contributed by atoms with Crippen molar-refractivity contribution in [2.45, 2.75) is 20.8 Å². The number of para-hydroxylation sites is 1. The monoisotopic (exact) mass is 434 g/mol. The lowest BCUT2D eigenvalue weighted by Crippen LogP contribution is -2.31. The maximum atomic E-state index is 12.9. The first-order valence-corrected chi connectivity index (χ1v) is 11.0. The Morgan fingerprint density at radius 2 is 1.80 bits per heavy atom. The lowest BCUT2D eigenvalue weighted by molar-refractivity contribution is -0.122. The van der Waals surface area contributed by atoms with Gasteiger partial charge in [0.1, 0.15) is 4.32 Å². The van der Waals surface area contributed by atoms with Crippen LogP contribution < -0.4 is 0 Å². The summed E-state index contributed by atoms with van der Waals surface area (Å²) in [5.41, 5.74) is 2.99. The molecule has 0 spiro atoms. The van der Waals surface area contributed by atoms with Crippen molar-refractivity contribution >= 4 is 40.3 Å². The maximum absolute atomic E-state index is 12.9. The molecule has 0 unspecified atom stereocenters. The molecule has 5 nitrogen and oxygen atoms in total. The fourth-order valence-corrected chi connectivity index (χ4v) is 4.39. The van der Waals surface area contributed by atoms with Crippen LogP contribution in [0.4, 0.5) is 0 Å². The van der Waals surface area contributed by atoms with Crippen LogP contribution in [0.15, 0.2) is 59.5 Å². The minimum Gasteiger partial charge on any atom is -0.293 e. The first-order chi connectivity index (χ1) is 14.4. The molecule has 0 saturated carbocycles. The van der Waals surface area contributed by atoms with Crippen LogP contribution >= 0.6 is 24.0 Å². The number of amides is 1.